The molecule has 2 aliphatic carbocycles. The summed E-state index contributed by atoms with van der Waals surface area (Å²) in [6.07, 6.45) is 15.5. The molecule has 132 valence electrons. The monoisotopic (exact) mass is 368 g/mol. The Hall–Kier alpha value is -0.860. The third kappa shape index (κ3) is 2.23. The fourth-order valence-electron chi connectivity index (χ4n) is 5.29. The SMILES string of the molecule is C/C=C/C1CC(/C=C/C)C2=C3C=C(C)SC3(C)C3(C)SC(C)=CC3=C21. The van der Waals surface area contributed by atoms with E-state index < -0.39 is 0 Å². The summed E-state index contributed by atoms with van der Waals surface area (Å²) in [6.45, 7) is 13.9. The molecule has 0 radical (unpaired) electrons. The van der Waals surface area contributed by atoms with Crippen LogP contribution < -0.4 is 0 Å². The molecule has 25 heavy (non-hydrogen) atoms. The molecule has 1 fully saturated rings. The van der Waals surface area contributed by atoms with Gasteiger partial charge in [-0.2, -0.15) is 0 Å². The molecule has 0 bridgehead atoms. The zero-order chi connectivity index (χ0) is 18.0. The van der Waals surface area contributed by atoms with E-state index in [4.69, 9.17) is 0 Å². The highest BCUT2D eigenvalue weighted by Gasteiger charge is 2.60. The van der Waals surface area contributed by atoms with Gasteiger partial charge in [-0.05, 0) is 92.2 Å². The molecule has 0 nitrogen and oxygen atoms in total. The first-order chi connectivity index (χ1) is 11.9. The molecule has 4 rings (SSSR count). The lowest BCUT2D eigenvalue weighted by Gasteiger charge is -2.47. The van der Waals surface area contributed by atoms with E-state index in [-0.39, 0.29) is 9.49 Å². The van der Waals surface area contributed by atoms with Gasteiger partial charge < -0.3 is 0 Å². The number of allylic oxidation sites excluding steroid dienone is 10. The van der Waals surface area contributed by atoms with Crippen LogP contribution in [-0.4, -0.2) is 9.49 Å². The summed E-state index contributed by atoms with van der Waals surface area (Å²) in [5.74, 6) is 1.10. The molecule has 0 amide bonds. The molecule has 0 aromatic heterocycles. The van der Waals surface area contributed by atoms with Gasteiger partial charge in [-0.1, -0.05) is 24.3 Å². The fourth-order valence-corrected chi connectivity index (χ4v) is 8.34. The second-order valence-electron chi connectivity index (χ2n) is 7.94. The summed E-state index contributed by atoms with van der Waals surface area (Å²) < 4.78 is 0.268. The number of fused-ring (bicyclic) bond motifs is 4. The average Bonchev–Trinajstić information content (AvgIpc) is 3.13. The van der Waals surface area contributed by atoms with Crippen LogP contribution >= 0.6 is 23.5 Å². The largest absolute Gasteiger partial charge is 0.118 e. The Morgan fingerprint density at radius 3 is 1.60 bits per heavy atom. The van der Waals surface area contributed by atoms with Gasteiger partial charge in [0.15, 0.2) is 0 Å². The first-order valence-electron chi connectivity index (χ1n) is 9.35. The Morgan fingerprint density at radius 2 is 1.24 bits per heavy atom. The van der Waals surface area contributed by atoms with Crippen LogP contribution in [0.1, 0.15) is 48.0 Å². The number of rotatable bonds is 2. The van der Waals surface area contributed by atoms with Crippen LogP contribution in [0.4, 0.5) is 0 Å². The predicted molar refractivity (Wildman–Crippen MR) is 115 cm³/mol. The Kier molecular flexibility index (Phi) is 4.09. The fraction of sp³-hybridized carbons (Fsp3) is 0.478. The summed E-state index contributed by atoms with van der Waals surface area (Å²) in [4.78, 5) is 2.93. The average molecular weight is 369 g/mol. The molecule has 2 heteroatoms. The van der Waals surface area contributed by atoms with Crippen molar-refractivity contribution in [2.75, 3.05) is 0 Å². The van der Waals surface area contributed by atoms with Gasteiger partial charge in [-0.15, -0.1) is 23.5 Å². The maximum absolute atomic E-state index is 2.49. The quantitative estimate of drug-likeness (QED) is 0.473. The maximum Gasteiger partial charge on any atom is 0.0615 e. The first-order valence-corrected chi connectivity index (χ1v) is 11.0. The van der Waals surface area contributed by atoms with Crippen LogP contribution in [0.15, 0.2) is 68.6 Å². The Balaban J connectivity index is 2.05. The minimum atomic E-state index is 0.134. The smallest absolute Gasteiger partial charge is 0.0615 e. The van der Waals surface area contributed by atoms with Crippen LogP contribution in [0.5, 0.6) is 0 Å². The summed E-state index contributed by atoms with van der Waals surface area (Å²) in [7, 11) is 0. The summed E-state index contributed by atoms with van der Waals surface area (Å²) in [6, 6.07) is 0. The topological polar surface area (TPSA) is 0 Å². The maximum atomic E-state index is 2.49. The third-order valence-electron chi connectivity index (χ3n) is 6.33. The van der Waals surface area contributed by atoms with E-state index in [0.29, 0.717) is 11.8 Å². The Morgan fingerprint density at radius 1 is 0.840 bits per heavy atom. The van der Waals surface area contributed by atoms with E-state index in [1.54, 1.807) is 22.3 Å². The van der Waals surface area contributed by atoms with Crippen molar-refractivity contribution in [3.63, 3.8) is 0 Å². The molecule has 0 saturated heterocycles. The molecule has 2 aliphatic heterocycles. The zero-order valence-corrected chi connectivity index (χ0v) is 17.8. The van der Waals surface area contributed by atoms with Crippen molar-refractivity contribution in [3.8, 4) is 0 Å². The van der Waals surface area contributed by atoms with Crippen molar-refractivity contribution >= 4 is 23.5 Å². The van der Waals surface area contributed by atoms with Gasteiger partial charge in [0, 0.05) is 11.8 Å². The van der Waals surface area contributed by atoms with Gasteiger partial charge in [0.1, 0.15) is 0 Å². The van der Waals surface area contributed by atoms with Crippen LogP contribution in [0.25, 0.3) is 0 Å². The van der Waals surface area contributed by atoms with Gasteiger partial charge in [0.25, 0.3) is 0 Å². The van der Waals surface area contributed by atoms with Gasteiger partial charge in [-0.3, -0.25) is 0 Å². The number of thioether (sulfide) groups is 2. The third-order valence-corrected chi connectivity index (χ3v) is 9.41. The molecule has 1 saturated carbocycles. The van der Waals surface area contributed by atoms with Crippen LogP contribution in [-0.2, 0) is 0 Å². The number of hydrogen-bond acceptors (Lipinski definition) is 2. The van der Waals surface area contributed by atoms with E-state index >= 15 is 0 Å². The molecular weight excluding hydrogens is 340 g/mol. The van der Waals surface area contributed by atoms with Gasteiger partial charge in [0.2, 0.25) is 0 Å². The van der Waals surface area contributed by atoms with E-state index in [0.717, 1.165) is 0 Å². The summed E-state index contributed by atoms with van der Waals surface area (Å²) in [5, 5.41) is 0. The summed E-state index contributed by atoms with van der Waals surface area (Å²) >= 11 is 4.17. The molecule has 0 N–H and O–H groups in total. The van der Waals surface area contributed by atoms with Crippen molar-refractivity contribution in [2.24, 2.45) is 11.8 Å². The van der Waals surface area contributed by atoms with E-state index in [9.17, 15) is 0 Å². The lowest BCUT2D eigenvalue weighted by Crippen LogP contribution is -2.47. The Bertz CT molecular complexity index is 749. The molecule has 0 aromatic rings. The van der Waals surface area contributed by atoms with E-state index in [2.05, 4.69) is 102 Å². The lowest BCUT2D eigenvalue weighted by molar-refractivity contribution is 0.601. The minimum absolute atomic E-state index is 0.134. The first kappa shape index (κ1) is 17.5. The van der Waals surface area contributed by atoms with Crippen molar-refractivity contribution in [1.82, 2.24) is 0 Å². The Labute approximate surface area is 161 Å². The highest BCUT2D eigenvalue weighted by atomic mass is 32.2. The van der Waals surface area contributed by atoms with E-state index in [1.807, 2.05) is 0 Å². The molecule has 4 unspecified atom stereocenters. The summed E-state index contributed by atoms with van der Waals surface area (Å²) in [5.41, 5.74) is 6.46. The predicted octanol–water partition coefficient (Wildman–Crippen LogP) is 7.20. The second kappa shape index (κ2) is 5.82. The van der Waals surface area contributed by atoms with Crippen LogP contribution in [0.3, 0.4) is 0 Å². The van der Waals surface area contributed by atoms with Crippen molar-refractivity contribution in [2.45, 2.75) is 57.5 Å². The van der Waals surface area contributed by atoms with Gasteiger partial charge in [-0.25, -0.2) is 0 Å². The minimum Gasteiger partial charge on any atom is -0.118 e. The van der Waals surface area contributed by atoms with Crippen molar-refractivity contribution in [3.05, 3.63) is 68.6 Å². The van der Waals surface area contributed by atoms with Crippen molar-refractivity contribution in [1.29, 1.82) is 0 Å². The van der Waals surface area contributed by atoms with Crippen molar-refractivity contribution < 1.29 is 0 Å². The van der Waals surface area contributed by atoms with Gasteiger partial charge >= 0.3 is 0 Å². The lowest BCUT2D eigenvalue weighted by atomic mass is 9.70. The van der Waals surface area contributed by atoms with Gasteiger partial charge in [0.05, 0.1) is 9.49 Å². The van der Waals surface area contributed by atoms with Crippen LogP contribution in [0, 0.1) is 11.8 Å². The second-order valence-corrected chi connectivity index (χ2v) is 11.3. The molecule has 4 atom stereocenters. The molecule has 2 heterocycles. The molecule has 4 aliphatic rings. The normalized spacial score (nSPS) is 40.1. The molecular formula is C23H28S2. The standard InChI is InChI=1S/C23H28S2/c1-7-9-16-13-17(10-8-2)21-19-12-15(4)25-23(19,6)22(5)18(20(16)21)11-14(3)24-22/h7-12,16-17H,13H2,1-6H3/b9-7+,10-8+. The highest BCUT2D eigenvalue weighted by molar-refractivity contribution is 8.09. The molecule has 0 spiro atoms. The molecule has 0 aromatic carbocycles. The zero-order valence-electron chi connectivity index (χ0n) is 16.1. The van der Waals surface area contributed by atoms with E-state index in [1.165, 1.54) is 16.2 Å². The van der Waals surface area contributed by atoms with Crippen LogP contribution in [0.2, 0.25) is 0 Å². The number of hydrogen-bond donors (Lipinski definition) is 0. The highest BCUT2D eigenvalue weighted by Crippen LogP contribution is 2.69.